The summed E-state index contributed by atoms with van der Waals surface area (Å²) in [6, 6.07) is 15.9. The van der Waals surface area contributed by atoms with Crippen molar-refractivity contribution in [1.29, 1.82) is 0 Å². The van der Waals surface area contributed by atoms with Crippen LogP contribution in [0.2, 0.25) is 0 Å². The minimum Gasteiger partial charge on any atom is -0.458 e. The number of furan rings is 1. The number of rotatable bonds is 2. The highest BCUT2D eigenvalue weighted by atomic mass is 79.9. The summed E-state index contributed by atoms with van der Waals surface area (Å²) < 4.78 is 6.83. The van der Waals surface area contributed by atoms with E-state index in [2.05, 4.69) is 35.0 Å². The van der Waals surface area contributed by atoms with E-state index in [1.807, 2.05) is 36.4 Å². The van der Waals surface area contributed by atoms with Gasteiger partial charge in [-0.3, -0.25) is 0 Å². The molecule has 0 bridgehead atoms. The third-order valence-electron chi connectivity index (χ3n) is 3.22. The molecule has 2 aromatic carbocycles. The van der Waals surface area contributed by atoms with Crippen molar-refractivity contribution in [3.63, 3.8) is 0 Å². The minimum atomic E-state index is -0.237. The van der Waals surface area contributed by atoms with Crippen LogP contribution in [-0.2, 0) is 0 Å². The van der Waals surface area contributed by atoms with Gasteiger partial charge in [-0.05, 0) is 40.5 Å². The molecule has 0 saturated heterocycles. The van der Waals surface area contributed by atoms with Gasteiger partial charge < -0.3 is 10.2 Å². The Morgan fingerprint density at radius 3 is 2.63 bits per heavy atom. The van der Waals surface area contributed by atoms with Gasteiger partial charge in [-0.25, -0.2) is 0 Å². The summed E-state index contributed by atoms with van der Waals surface area (Å²) in [5.41, 5.74) is 9.40. The molecule has 2 N–H and O–H groups in total. The first-order valence-electron chi connectivity index (χ1n) is 6.15. The zero-order valence-corrected chi connectivity index (χ0v) is 12.1. The van der Waals surface area contributed by atoms with Crippen molar-refractivity contribution in [3.8, 4) is 0 Å². The van der Waals surface area contributed by atoms with Gasteiger partial charge in [-0.15, -0.1) is 0 Å². The van der Waals surface area contributed by atoms with Crippen LogP contribution in [0.25, 0.3) is 11.0 Å². The first kappa shape index (κ1) is 12.5. The Balaban J connectivity index is 2.06. The average Bonchev–Trinajstić information content (AvgIpc) is 2.83. The molecule has 0 spiro atoms. The predicted molar refractivity (Wildman–Crippen MR) is 81.1 cm³/mol. The monoisotopic (exact) mass is 315 g/mol. The quantitative estimate of drug-likeness (QED) is 0.753. The molecule has 0 aliphatic carbocycles. The molecule has 3 heteroatoms. The molecule has 96 valence electrons. The van der Waals surface area contributed by atoms with Crippen LogP contribution < -0.4 is 5.73 Å². The van der Waals surface area contributed by atoms with Gasteiger partial charge in [0.15, 0.2) is 0 Å². The Kier molecular flexibility index (Phi) is 3.17. The number of hydrogen-bond acceptors (Lipinski definition) is 2. The normalized spacial score (nSPS) is 12.8. The Morgan fingerprint density at radius 2 is 1.89 bits per heavy atom. The van der Waals surface area contributed by atoms with Gasteiger partial charge in [-0.1, -0.05) is 42.0 Å². The van der Waals surface area contributed by atoms with E-state index >= 15 is 0 Å². The van der Waals surface area contributed by atoms with Crippen LogP contribution >= 0.6 is 15.9 Å². The summed E-state index contributed by atoms with van der Waals surface area (Å²) in [7, 11) is 0. The molecule has 1 aromatic heterocycles. The molecular weight excluding hydrogens is 302 g/mol. The van der Waals surface area contributed by atoms with Crippen molar-refractivity contribution in [2.45, 2.75) is 13.0 Å². The van der Waals surface area contributed by atoms with Crippen molar-refractivity contribution in [2.75, 3.05) is 0 Å². The van der Waals surface area contributed by atoms with Crippen molar-refractivity contribution < 1.29 is 4.42 Å². The van der Waals surface area contributed by atoms with Gasteiger partial charge in [0, 0.05) is 5.39 Å². The summed E-state index contributed by atoms with van der Waals surface area (Å²) in [6.45, 7) is 2.06. The highest BCUT2D eigenvalue weighted by molar-refractivity contribution is 9.10. The first-order chi connectivity index (χ1) is 9.15. The van der Waals surface area contributed by atoms with Crippen molar-refractivity contribution >= 4 is 26.9 Å². The molecule has 0 amide bonds. The minimum absolute atomic E-state index is 0.237. The third-order valence-corrected chi connectivity index (χ3v) is 3.85. The van der Waals surface area contributed by atoms with Gasteiger partial charge in [0.25, 0.3) is 0 Å². The van der Waals surface area contributed by atoms with Crippen LogP contribution in [0, 0.1) is 6.92 Å². The van der Waals surface area contributed by atoms with E-state index < -0.39 is 0 Å². The van der Waals surface area contributed by atoms with E-state index in [0.717, 1.165) is 26.8 Å². The fourth-order valence-electron chi connectivity index (χ4n) is 2.23. The molecule has 0 aliphatic rings. The lowest BCUT2D eigenvalue weighted by Crippen LogP contribution is -2.10. The van der Waals surface area contributed by atoms with Crippen molar-refractivity contribution in [1.82, 2.24) is 0 Å². The van der Waals surface area contributed by atoms with Crippen LogP contribution in [0.1, 0.15) is 22.9 Å². The number of hydrogen-bond donors (Lipinski definition) is 1. The van der Waals surface area contributed by atoms with E-state index in [4.69, 9.17) is 10.2 Å². The largest absolute Gasteiger partial charge is 0.458 e. The SMILES string of the molecule is Cc1cccc(C(N)c2cc3cccc(Br)c3o2)c1. The molecule has 1 unspecified atom stereocenters. The van der Waals surface area contributed by atoms with Crippen LogP contribution in [0.3, 0.4) is 0 Å². The summed E-state index contributed by atoms with van der Waals surface area (Å²) in [5, 5.41) is 1.06. The molecule has 0 saturated carbocycles. The van der Waals surface area contributed by atoms with Gasteiger partial charge in [0.05, 0.1) is 10.5 Å². The van der Waals surface area contributed by atoms with Crippen LogP contribution in [0.15, 0.2) is 57.4 Å². The van der Waals surface area contributed by atoms with Crippen molar-refractivity contribution in [2.24, 2.45) is 5.73 Å². The Morgan fingerprint density at radius 1 is 1.11 bits per heavy atom. The molecule has 0 aliphatic heterocycles. The molecule has 3 aromatic rings. The lowest BCUT2D eigenvalue weighted by Gasteiger charge is -2.09. The highest BCUT2D eigenvalue weighted by Crippen LogP contribution is 2.31. The number of nitrogens with two attached hydrogens (primary N) is 1. The lowest BCUT2D eigenvalue weighted by atomic mass is 10.0. The number of benzene rings is 2. The van der Waals surface area contributed by atoms with E-state index in [1.165, 1.54) is 5.56 Å². The summed E-state index contributed by atoms with van der Waals surface area (Å²) in [5.74, 6) is 0.785. The van der Waals surface area contributed by atoms with Crippen LogP contribution in [-0.4, -0.2) is 0 Å². The molecule has 0 radical (unpaired) electrons. The molecule has 3 rings (SSSR count). The number of halogens is 1. The van der Waals surface area contributed by atoms with Gasteiger partial charge in [0.2, 0.25) is 0 Å². The Labute approximate surface area is 120 Å². The third kappa shape index (κ3) is 2.31. The number of aryl methyl sites for hydroxylation is 1. The maximum Gasteiger partial charge on any atom is 0.148 e. The first-order valence-corrected chi connectivity index (χ1v) is 6.94. The standard InChI is InChI=1S/C16H14BrNO/c1-10-4-2-5-11(8-10)15(18)14-9-12-6-3-7-13(17)16(12)19-14/h2-9,15H,18H2,1H3. The smallest absolute Gasteiger partial charge is 0.148 e. The topological polar surface area (TPSA) is 39.2 Å². The van der Waals surface area contributed by atoms with E-state index in [0.29, 0.717) is 0 Å². The number of para-hydroxylation sites is 1. The zero-order chi connectivity index (χ0) is 13.4. The fraction of sp³-hybridized carbons (Fsp3) is 0.125. The zero-order valence-electron chi connectivity index (χ0n) is 10.6. The molecule has 19 heavy (non-hydrogen) atoms. The summed E-state index contributed by atoms with van der Waals surface area (Å²) >= 11 is 3.49. The van der Waals surface area contributed by atoms with Gasteiger partial charge in [-0.2, -0.15) is 0 Å². The van der Waals surface area contributed by atoms with E-state index in [1.54, 1.807) is 0 Å². The van der Waals surface area contributed by atoms with Crippen LogP contribution in [0.4, 0.5) is 0 Å². The fourth-order valence-corrected chi connectivity index (χ4v) is 2.69. The molecule has 1 atom stereocenters. The van der Waals surface area contributed by atoms with Gasteiger partial charge in [0.1, 0.15) is 11.3 Å². The maximum atomic E-state index is 6.29. The molecule has 0 fully saturated rings. The van der Waals surface area contributed by atoms with Crippen molar-refractivity contribution in [3.05, 3.63) is 69.9 Å². The second-order valence-corrected chi connectivity index (χ2v) is 5.55. The highest BCUT2D eigenvalue weighted by Gasteiger charge is 2.15. The summed E-state index contributed by atoms with van der Waals surface area (Å²) in [6.07, 6.45) is 0. The lowest BCUT2D eigenvalue weighted by molar-refractivity contribution is 0.524. The van der Waals surface area contributed by atoms with E-state index in [9.17, 15) is 0 Å². The molecular formula is C16H14BrNO. The average molecular weight is 316 g/mol. The number of fused-ring (bicyclic) bond motifs is 1. The second kappa shape index (κ2) is 4.83. The predicted octanol–water partition coefficient (Wildman–Crippen LogP) is 4.55. The Bertz CT molecular complexity index is 732. The maximum absolute atomic E-state index is 6.29. The van der Waals surface area contributed by atoms with E-state index in [-0.39, 0.29) is 6.04 Å². The Hall–Kier alpha value is -1.58. The second-order valence-electron chi connectivity index (χ2n) is 4.70. The molecule has 1 heterocycles. The van der Waals surface area contributed by atoms with Crippen LogP contribution in [0.5, 0.6) is 0 Å². The summed E-state index contributed by atoms with van der Waals surface area (Å²) in [4.78, 5) is 0. The van der Waals surface area contributed by atoms with Gasteiger partial charge >= 0.3 is 0 Å². The molecule has 2 nitrogen and oxygen atoms in total.